The van der Waals surface area contributed by atoms with E-state index in [0.29, 0.717) is 22.7 Å². The Balaban J connectivity index is 1.81. The minimum atomic E-state index is -0.388. The van der Waals surface area contributed by atoms with Crippen LogP contribution in [0.2, 0.25) is 0 Å². The number of para-hydroxylation sites is 1. The number of ether oxygens (including phenoxy) is 1. The molecule has 0 spiro atoms. The highest BCUT2D eigenvalue weighted by Crippen LogP contribution is 2.40. The Labute approximate surface area is 170 Å². The van der Waals surface area contributed by atoms with Gasteiger partial charge in [0.05, 0.1) is 17.7 Å². The summed E-state index contributed by atoms with van der Waals surface area (Å²) in [7, 11) is 1.80. The normalized spacial score (nSPS) is 11.5. The van der Waals surface area contributed by atoms with E-state index in [-0.39, 0.29) is 11.8 Å². The van der Waals surface area contributed by atoms with Crippen LogP contribution >= 0.6 is 22.7 Å². The first-order valence-corrected chi connectivity index (χ1v) is 10.5. The largest absolute Gasteiger partial charge is 0.494 e. The van der Waals surface area contributed by atoms with Crippen molar-refractivity contribution in [2.45, 2.75) is 6.92 Å². The monoisotopic (exact) mass is 410 g/mol. The Morgan fingerprint density at radius 3 is 2.82 bits per heavy atom. The summed E-state index contributed by atoms with van der Waals surface area (Å²) >= 11 is 2.95. The quantitative estimate of drug-likeness (QED) is 0.344. The van der Waals surface area contributed by atoms with Crippen molar-refractivity contribution in [1.29, 1.82) is 0 Å². The predicted octanol–water partition coefficient (Wildman–Crippen LogP) is 5.60. The van der Waals surface area contributed by atoms with Crippen LogP contribution in [0.1, 0.15) is 22.8 Å². The van der Waals surface area contributed by atoms with E-state index < -0.39 is 0 Å². The molecular weight excluding hydrogens is 392 g/mol. The molecule has 142 valence electrons. The van der Waals surface area contributed by atoms with Crippen molar-refractivity contribution in [1.82, 2.24) is 4.57 Å². The molecule has 0 aliphatic rings. The van der Waals surface area contributed by atoms with Gasteiger partial charge in [0.2, 0.25) is 5.88 Å². The highest BCUT2D eigenvalue weighted by molar-refractivity contribution is 7.16. The van der Waals surface area contributed by atoms with Crippen molar-refractivity contribution < 1.29 is 14.6 Å². The highest BCUT2D eigenvalue weighted by atomic mass is 32.1. The lowest BCUT2D eigenvalue weighted by atomic mass is 10.1. The molecule has 1 aromatic carbocycles. The molecular formula is C21H18N2O3S2. The number of fused-ring (bicyclic) bond motifs is 1. The Bertz CT molecular complexity index is 1170. The number of esters is 1. The summed E-state index contributed by atoms with van der Waals surface area (Å²) in [5.41, 5.74) is 2.83. The number of aromatic nitrogens is 1. The third kappa shape index (κ3) is 3.12. The van der Waals surface area contributed by atoms with Crippen molar-refractivity contribution in [3.63, 3.8) is 0 Å². The van der Waals surface area contributed by atoms with Gasteiger partial charge in [-0.1, -0.05) is 24.3 Å². The minimum absolute atomic E-state index is 0.137. The summed E-state index contributed by atoms with van der Waals surface area (Å²) < 4.78 is 6.98. The van der Waals surface area contributed by atoms with E-state index in [9.17, 15) is 9.90 Å². The molecule has 0 radical (unpaired) electrons. The zero-order valence-electron chi connectivity index (χ0n) is 15.4. The Kier molecular flexibility index (Phi) is 5.02. The molecule has 0 saturated carbocycles. The van der Waals surface area contributed by atoms with Crippen LogP contribution in [-0.4, -0.2) is 28.5 Å². The van der Waals surface area contributed by atoms with Gasteiger partial charge >= 0.3 is 5.97 Å². The minimum Gasteiger partial charge on any atom is -0.494 e. The first-order valence-electron chi connectivity index (χ1n) is 8.74. The molecule has 0 atom stereocenters. The van der Waals surface area contributed by atoms with E-state index in [4.69, 9.17) is 4.74 Å². The molecule has 7 heteroatoms. The lowest BCUT2D eigenvalue weighted by molar-refractivity contribution is 0.0529. The van der Waals surface area contributed by atoms with E-state index in [1.54, 1.807) is 36.1 Å². The number of hydrogen-bond donors (Lipinski definition) is 1. The van der Waals surface area contributed by atoms with Crippen LogP contribution in [0, 0.1) is 0 Å². The van der Waals surface area contributed by atoms with Gasteiger partial charge in [0.15, 0.2) is 0 Å². The molecule has 4 aromatic rings. The van der Waals surface area contributed by atoms with E-state index in [0.717, 1.165) is 21.3 Å². The standard InChI is InChI=1S/C21H18N2O3S2/c1-3-26-21(25)18-15(17-9-6-10-27-17)12-28-19(18)22-11-14-13-7-4-5-8-16(13)23(2)20(14)24/h4-12,24H,3H2,1-2H3. The third-order valence-corrected chi connectivity index (χ3v) is 6.25. The van der Waals surface area contributed by atoms with Gasteiger partial charge < -0.3 is 14.4 Å². The summed E-state index contributed by atoms with van der Waals surface area (Å²) in [6, 6.07) is 11.6. The van der Waals surface area contributed by atoms with E-state index in [1.807, 2.05) is 47.2 Å². The van der Waals surface area contributed by atoms with Crippen molar-refractivity contribution in [2.75, 3.05) is 6.61 Å². The fourth-order valence-corrected chi connectivity index (χ4v) is 4.84. The topological polar surface area (TPSA) is 63.8 Å². The number of hydrogen-bond acceptors (Lipinski definition) is 6. The van der Waals surface area contributed by atoms with Crippen molar-refractivity contribution >= 4 is 50.8 Å². The summed E-state index contributed by atoms with van der Waals surface area (Å²) in [5, 5.41) is 15.9. The Morgan fingerprint density at radius 2 is 2.07 bits per heavy atom. The lowest BCUT2D eigenvalue weighted by Gasteiger charge is -2.04. The van der Waals surface area contributed by atoms with Gasteiger partial charge in [0.25, 0.3) is 0 Å². The van der Waals surface area contributed by atoms with Gasteiger partial charge in [0.1, 0.15) is 10.6 Å². The Hall–Kier alpha value is -2.90. The zero-order valence-corrected chi connectivity index (χ0v) is 17.0. The van der Waals surface area contributed by atoms with Crippen LogP contribution in [-0.2, 0) is 11.8 Å². The summed E-state index contributed by atoms with van der Waals surface area (Å²) in [6.45, 7) is 2.08. The maximum atomic E-state index is 12.6. The maximum absolute atomic E-state index is 12.6. The number of nitrogens with zero attached hydrogens (tertiary/aromatic N) is 2. The smallest absolute Gasteiger partial charge is 0.341 e. The zero-order chi connectivity index (χ0) is 19.7. The summed E-state index contributed by atoms with van der Waals surface area (Å²) in [4.78, 5) is 18.2. The van der Waals surface area contributed by atoms with Gasteiger partial charge in [-0.05, 0) is 24.4 Å². The highest BCUT2D eigenvalue weighted by Gasteiger charge is 2.22. The summed E-state index contributed by atoms with van der Waals surface area (Å²) in [6.07, 6.45) is 1.62. The summed E-state index contributed by atoms with van der Waals surface area (Å²) in [5.74, 6) is -0.251. The van der Waals surface area contributed by atoms with Crippen LogP contribution < -0.4 is 0 Å². The third-order valence-electron chi connectivity index (χ3n) is 4.46. The lowest BCUT2D eigenvalue weighted by Crippen LogP contribution is -2.04. The molecule has 3 aromatic heterocycles. The van der Waals surface area contributed by atoms with Crippen molar-refractivity contribution in [3.05, 3.63) is 58.3 Å². The second-order valence-corrected chi connectivity index (χ2v) is 7.90. The van der Waals surface area contributed by atoms with E-state index in [2.05, 4.69) is 4.99 Å². The molecule has 4 rings (SSSR count). The molecule has 0 saturated heterocycles. The first kappa shape index (κ1) is 18.5. The number of aryl methyl sites for hydroxylation is 1. The number of benzene rings is 1. The molecule has 0 amide bonds. The van der Waals surface area contributed by atoms with Gasteiger partial charge in [-0.3, -0.25) is 0 Å². The van der Waals surface area contributed by atoms with Gasteiger partial charge in [-0.2, -0.15) is 0 Å². The average molecular weight is 411 g/mol. The van der Waals surface area contributed by atoms with E-state index >= 15 is 0 Å². The maximum Gasteiger partial charge on any atom is 0.341 e. The molecule has 3 heterocycles. The van der Waals surface area contributed by atoms with Crippen LogP contribution in [0.25, 0.3) is 21.3 Å². The first-order chi connectivity index (χ1) is 13.6. The Morgan fingerprint density at radius 1 is 1.25 bits per heavy atom. The molecule has 0 fully saturated rings. The fraction of sp³-hybridized carbons (Fsp3) is 0.143. The fourth-order valence-electron chi connectivity index (χ4n) is 3.12. The number of rotatable bonds is 5. The van der Waals surface area contributed by atoms with Crippen molar-refractivity contribution in [2.24, 2.45) is 12.0 Å². The van der Waals surface area contributed by atoms with E-state index in [1.165, 1.54) is 11.3 Å². The predicted molar refractivity (Wildman–Crippen MR) is 115 cm³/mol. The van der Waals surface area contributed by atoms with Gasteiger partial charge in [-0.15, -0.1) is 22.7 Å². The number of aliphatic imine (C=N–C) groups is 1. The van der Waals surface area contributed by atoms with Gasteiger partial charge in [0, 0.05) is 34.5 Å². The molecule has 5 nitrogen and oxygen atoms in total. The van der Waals surface area contributed by atoms with Crippen LogP contribution in [0.3, 0.4) is 0 Å². The van der Waals surface area contributed by atoms with Crippen LogP contribution in [0.4, 0.5) is 5.00 Å². The molecule has 1 N–H and O–H groups in total. The number of carbonyl (C=O) groups is 1. The number of thiophene rings is 2. The molecule has 0 aliphatic heterocycles. The molecule has 0 bridgehead atoms. The van der Waals surface area contributed by atoms with Crippen LogP contribution in [0.5, 0.6) is 5.88 Å². The molecule has 0 aliphatic carbocycles. The molecule has 0 unspecified atom stereocenters. The van der Waals surface area contributed by atoms with Crippen molar-refractivity contribution in [3.8, 4) is 16.3 Å². The number of aromatic hydroxyl groups is 1. The molecule has 28 heavy (non-hydrogen) atoms. The number of carbonyl (C=O) groups excluding carboxylic acids is 1. The van der Waals surface area contributed by atoms with Gasteiger partial charge in [-0.25, -0.2) is 9.79 Å². The van der Waals surface area contributed by atoms with Crippen LogP contribution in [0.15, 0.2) is 52.2 Å². The second kappa shape index (κ2) is 7.61. The SMILES string of the molecule is CCOC(=O)c1c(-c2cccs2)csc1N=Cc1c(O)n(C)c2ccccc12. The average Bonchev–Trinajstić information content (AvgIpc) is 3.41. The second-order valence-electron chi connectivity index (χ2n) is 6.10.